The highest BCUT2D eigenvalue weighted by Crippen LogP contribution is 2.16. The number of nitrogens with one attached hydrogen (secondary N) is 1. The third kappa shape index (κ3) is 5.73. The maximum Gasteiger partial charge on any atom is 0.238 e. The molecule has 0 saturated carbocycles. The van der Waals surface area contributed by atoms with E-state index in [2.05, 4.69) is 29.5 Å². The zero-order chi connectivity index (χ0) is 17.4. The minimum Gasteiger partial charge on any atom is -0.325 e. The van der Waals surface area contributed by atoms with Crippen molar-refractivity contribution in [3.8, 4) is 0 Å². The van der Waals surface area contributed by atoms with Crippen LogP contribution in [0.5, 0.6) is 0 Å². The number of benzene rings is 1. The topological polar surface area (TPSA) is 45.2 Å². The van der Waals surface area contributed by atoms with Crippen LogP contribution in [0.2, 0.25) is 0 Å². The van der Waals surface area contributed by atoms with E-state index in [1.54, 1.807) is 11.3 Å². The summed E-state index contributed by atoms with van der Waals surface area (Å²) in [6, 6.07) is 7.95. The summed E-state index contributed by atoms with van der Waals surface area (Å²) in [5.41, 5.74) is 3.12. The van der Waals surface area contributed by atoms with E-state index in [4.69, 9.17) is 0 Å². The monoisotopic (exact) mass is 345 g/mol. The number of nitrogens with zero attached hydrogens (tertiary/aromatic N) is 2. The van der Waals surface area contributed by atoms with E-state index in [0.717, 1.165) is 29.8 Å². The van der Waals surface area contributed by atoms with Gasteiger partial charge in [-0.2, -0.15) is 0 Å². The second-order valence-corrected chi connectivity index (χ2v) is 7.01. The lowest BCUT2D eigenvalue weighted by Gasteiger charge is -2.16. The quantitative estimate of drug-likeness (QED) is 0.743. The van der Waals surface area contributed by atoms with Gasteiger partial charge in [-0.3, -0.25) is 9.69 Å². The molecule has 0 atom stereocenters. The first-order chi connectivity index (χ1) is 11.6. The summed E-state index contributed by atoms with van der Waals surface area (Å²) >= 11 is 1.72. The van der Waals surface area contributed by atoms with Crippen molar-refractivity contribution in [2.75, 3.05) is 18.9 Å². The number of anilines is 1. The summed E-state index contributed by atoms with van der Waals surface area (Å²) in [5, 5.41) is 6.31. The fraction of sp³-hybridized carbons (Fsp3) is 0.474. The molecule has 0 aliphatic carbocycles. The number of amides is 1. The van der Waals surface area contributed by atoms with Crippen LogP contribution in [0.15, 0.2) is 29.6 Å². The zero-order valence-corrected chi connectivity index (χ0v) is 15.7. The first kappa shape index (κ1) is 18.6. The SMILES string of the molecule is CCCCc1nc(CN(C)CC(=O)Nc2ccccc2CC)cs1. The second-order valence-electron chi connectivity index (χ2n) is 6.07. The van der Waals surface area contributed by atoms with Crippen LogP contribution in [0.25, 0.3) is 0 Å². The molecule has 0 fully saturated rings. The molecule has 1 N–H and O–H groups in total. The number of likely N-dealkylation sites (N-methyl/N-ethyl adjacent to an activating group) is 1. The van der Waals surface area contributed by atoms with E-state index in [1.165, 1.54) is 17.8 Å². The number of aryl methyl sites for hydroxylation is 2. The molecule has 5 heteroatoms. The Kier molecular flexibility index (Phi) is 7.40. The fourth-order valence-electron chi connectivity index (χ4n) is 2.58. The van der Waals surface area contributed by atoms with Crippen LogP contribution in [-0.2, 0) is 24.2 Å². The predicted molar refractivity (Wildman–Crippen MR) is 102 cm³/mol. The zero-order valence-electron chi connectivity index (χ0n) is 14.8. The van der Waals surface area contributed by atoms with E-state index >= 15 is 0 Å². The molecule has 4 nitrogen and oxygen atoms in total. The van der Waals surface area contributed by atoms with Gasteiger partial charge in [0.1, 0.15) is 0 Å². The van der Waals surface area contributed by atoms with Gasteiger partial charge in [0.2, 0.25) is 5.91 Å². The number of thiazole rings is 1. The third-order valence-corrected chi connectivity index (χ3v) is 4.82. The predicted octanol–water partition coefficient (Wildman–Crippen LogP) is 4.12. The Hall–Kier alpha value is -1.72. The van der Waals surface area contributed by atoms with Gasteiger partial charge in [0.05, 0.1) is 17.2 Å². The molecule has 0 unspecified atom stereocenters. The van der Waals surface area contributed by atoms with Crippen LogP contribution < -0.4 is 5.32 Å². The van der Waals surface area contributed by atoms with Crippen LogP contribution in [0.4, 0.5) is 5.69 Å². The molecule has 1 heterocycles. The van der Waals surface area contributed by atoms with Gasteiger partial charge in [0.15, 0.2) is 0 Å². The number of unbranched alkanes of at least 4 members (excludes halogenated alkanes) is 1. The molecular formula is C19H27N3OS. The van der Waals surface area contributed by atoms with Gasteiger partial charge in [-0.05, 0) is 37.9 Å². The molecule has 2 aromatic rings. The Bertz CT molecular complexity index is 654. The van der Waals surface area contributed by atoms with Crippen molar-refractivity contribution in [1.82, 2.24) is 9.88 Å². The van der Waals surface area contributed by atoms with E-state index in [9.17, 15) is 4.79 Å². The summed E-state index contributed by atoms with van der Waals surface area (Å²) in [7, 11) is 1.95. The Morgan fingerprint density at radius 3 is 2.83 bits per heavy atom. The highest BCUT2D eigenvalue weighted by molar-refractivity contribution is 7.09. The standard InChI is InChI=1S/C19H27N3OS/c1-4-6-11-19-20-16(14-24-19)12-22(3)13-18(23)21-17-10-8-7-9-15(17)5-2/h7-10,14H,4-6,11-13H2,1-3H3,(H,21,23). The molecule has 0 saturated heterocycles. The van der Waals surface area contributed by atoms with Crippen molar-refractivity contribution in [3.63, 3.8) is 0 Å². The number of aromatic nitrogens is 1. The van der Waals surface area contributed by atoms with Crippen LogP contribution in [0, 0.1) is 0 Å². The molecular weight excluding hydrogens is 318 g/mol. The minimum absolute atomic E-state index is 0.0137. The molecule has 1 amide bonds. The summed E-state index contributed by atoms with van der Waals surface area (Å²) in [4.78, 5) is 18.9. The summed E-state index contributed by atoms with van der Waals surface area (Å²) in [6.45, 7) is 5.35. The Labute approximate surface area is 148 Å². The molecule has 0 spiro atoms. The van der Waals surface area contributed by atoms with Gasteiger partial charge in [0.25, 0.3) is 0 Å². The normalized spacial score (nSPS) is 11.0. The third-order valence-electron chi connectivity index (χ3n) is 3.86. The molecule has 0 bridgehead atoms. The Morgan fingerprint density at radius 1 is 1.29 bits per heavy atom. The van der Waals surface area contributed by atoms with Gasteiger partial charge in [0, 0.05) is 17.6 Å². The maximum atomic E-state index is 12.3. The summed E-state index contributed by atoms with van der Waals surface area (Å²) in [5.74, 6) is 0.0137. The Morgan fingerprint density at radius 2 is 2.08 bits per heavy atom. The van der Waals surface area contributed by atoms with Gasteiger partial charge in [-0.1, -0.05) is 38.5 Å². The smallest absolute Gasteiger partial charge is 0.238 e. The molecule has 130 valence electrons. The van der Waals surface area contributed by atoms with Crippen molar-refractivity contribution < 1.29 is 4.79 Å². The van der Waals surface area contributed by atoms with Crippen LogP contribution in [0.3, 0.4) is 0 Å². The van der Waals surface area contributed by atoms with Gasteiger partial charge < -0.3 is 5.32 Å². The lowest BCUT2D eigenvalue weighted by atomic mass is 10.1. The second kappa shape index (κ2) is 9.55. The minimum atomic E-state index is 0.0137. The van der Waals surface area contributed by atoms with Crippen LogP contribution >= 0.6 is 11.3 Å². The molecule has 0 aliphatic heterocycles. The highest BCUT2D eigenvalue weighted by Gasteiger charge is 2.11. The Balaban J connectivity index is 1.84. The average Bonchev–Trinajstić information content (AvgIpc) is 3.00. The first-order valence-corrected chi connectivity index (χ1v) is 9.49. The van der Waals surface area contributed by atoms with Gasteiger partial charge in [-0.25, -0.2) is 4.98 Å². The molecule has 0 aliphatic rings. The van der Waals surface area contributed by atoms with E-state index in [0.29, 0.717) is 13.1 Å². The summed E-state index contributed by atoms with van der Waals surface area (Å²) < 4.78 is 0. The highest BCUT2D eigenvalue weighted by atomic mass is 32.1. The maximum absolute atomic E-state index is 12.3. The first-order valence-electron chi connectivity index (χ1n) is 8.62. The van der Waals surface area contributed by atoms with Crippen molar-refractivity contribution in [2.24, 2.45) is 0 Å². The number of carbonyl (C=O) groups excluding carboxylic acids is 1. The number of hydrogen-bond acceptors (Lipinski definition) is 4. The van der Waals surface area contributed by atoms with Crippen LogP contribution in [-0.4, -0.2) is 29.4 Å². The van der Waals surface area contributed by atoms with E-state index in [1.807, 2.05) is 36.2 Å². The molecule has 2 rings (SSSR count). The van der Waals surface area contributed by atoms with Gasteiger partial charge in [-0.15, -0.1) is 11.3 Å². The van der Waals surface area contributed by atoms with Crippen molar-refractivity contribution >= 4 is 22.9 Å². The van der Waals surface area contributed by atoms with Crippen molar-refractivity contribution in [2.45, 2.75) is 46.1 Å². The summed E-state index contributed by atoms with van der Waals surface area (Å²) in [6.07, 6.45) is 4.33. The number of hydrogen-bond donors (Lipinski definition) is 1. The largest absolute Gasteiger partial charge is 0.325 e. The van der Waals surface area contributed by atoms with Crippen LogP contribution in [0.1, 0.15) is 43.0 Å². The molecule has 1 aromatic carbocycles. The lowest BCUT2D eigenvalue weighted by molar-refractivity contribution is -0.117. The number of rotatable bonds is 9. The van der Waals surface area contributed by atoms with Crippen molar-refractivity contribution in [3.05, 3.63) is 45.9 Å². The van der Waals surface area contributed by atoms with Gasteiger partial charge >= 0.3 is 0 Å². The lowest BCUT2D eigenvalue weighted by Crippen LogP contribution is -2.30. The van der Waals surface area contributed by atoms with Crippen molar-refractivity contribution in [1.29, 1.82) is 0 Å². The average molecular weight is 346 g/mol. The molecule has 24 heavy (non-hydrogen) atoms. The number of carbonyl (C=O) groups is 1. The number of para-hydroxylation sites is 1. The van der Waals surface area contributed by atoms with E-state index in [-0.39, 0.29) is 5.91 Å². The molecule has 1 aromatic heterocycles. The fourth-order valence-corrected chi connectivity index (χ4v) is 3.41. The molecule has 0 radical (unpaired) electrons. The van der Waals surface area contributed by atoms with E-state index < -0.39 is 0 Å².